The van der Waals surface area contributed by atoms with Gasteiger partial charge in [0, 0.05) is 18.3 Å². The molecule has 6 nitrogen and oxygen atoms in total. The smallest absolute Gasteiger partial charge is 1.00 e. The molecular formula is C43H34ClCuN4O2P. The maximum atomic E-state index is 13.1. The Hall–Kier alpha value is -5.42. The van der Waals surface area contributed by atoms with E-state index in [1.165, 1.54) is 22.1 Å². The molecule has 0 saturated heterocycles. The van der Waals surface area contributed by atoms with E-state index in [2.05, 4.69) is 93.0 Å². The van der Waals surface area contributed by atoms with E-state index in [-0.39, 0.29) is 35.2 Å². The van der Waals surface area contributed by atoms with Gasteiger partial charge in [-0.3, -0.25) is 9.97 Å². The molecule has 0 bridgehead atoms. The summed E-state index contributed by atoms with van der Waals surface area (Å²) in [7, 11) is -2.11. The summed E-state index contributed by atoms with van der Waals surface area (Å²) < 4.78 is 0. The van der Waals surface area contributed by atoms with Crippen LogP contribution in [0, 0.1) is 0 Å². The van der Waals surface area contributed by atoms with E-state index in [1.54, 1.807) is 48.8 Å². The summed E-state index contributed by atoms with van der Waals surface area (Å²) in [5.74, 6) is -0.602. The van der Waals surface area contributed by atoms with Gasteiger partial charge in [-0.2, -0.15) is 10.2 Å². The fourth-order valence-electron chi connectivity index (χ4n) is 5.64. The Morgan fingerprint density at radius 2 is 1.02 bits per heavy atom. The maximum absolute atomic E-state index is 13.1. The van der Waals surface area contributed by atoms with Crippen molar-refractivity contribution in [2.24, 2.45) is 10.2 Å². The summed E-state index contributed by atoms with van der Waals surface area (Å²) in [6.45, 7) is 0. The number of aromatic nitrogens is 2. The number of hydrogen-bond donors (Lipinski definition) is 0. The Morgan fingerprint density at radius 3 is 1.44 bits per heavy atom. The Bertz CT molecular complexity index is 2010. The first-order chi connectivity index (χ1) is 24.6. The van der Waals surface area contributed by atoms with Crippen molar-refractivity contribution in [3.63, 3.8) is 0 Å². The molecule has 0 fully saturated rings. The van der Waals surface area contributed by atoms with E-state index < -0.39 is 13.2 Å². The SMILES string of the molecule is [Cl-].[Cu+2].[O-]/C(=N\N=C\c1ccc(C[P+](c2ccccc2)(c2ccccc2)c2ccccc2)cc1[O-])c1ccccc1.c1ccc(-c2ccccn2)nc1. The second kappa shape index (κ2) is 19.8. The van der Waals surface area contributed by atoms with Gasteiger partial charge in [-0.05, 0) is 77.4 Å². The Labute approximate surface area is 321 Å². The number of halogens is 1. The number of nitrogens with zero attached hydrogens (tertiary/aromatic N) is 4. The van der Waals surface area contributed by atoms with E-state index in [4.69, 9.17) is 0 Å². The first kappa shape index (κ1) is 39.4. The molecule has 0 atom stereocenters. The molecule has 0 N–H and O–H groups in total. The molecule has 5 aromatic carbocycles. The van der Waals surface area contributed by atoms with Crippen LogP contribution in [-0.4, -0.2) is 22.1 Å². The van der Waals surface area contributed by atoms with E-state index in [9.17, 15) is 10.2 Å². The fourth-order valence-corrected chi connectivity index (χ4v) is 9.87. The molecule has 2 aromatic heterocycles. The van der Waals surface area contributed by atoms with E-state index in [0.29, 0.717) is 17.3 Å². The van der Waals surface area contributed by atoms with Gasteiger partial charge in [-0.15, -0.1) is 0 Å². The first-order valence-electron chi connectivity index (χ1n) is 16.1. The average molecular weight is 769 g/mol. The molecule has 0 aliphatic heterocycles. The van der Waals surface area contributed by atoms with Gasteiger partial charge in [-0.1, -0.05) is 121 Å². The summed E-state index contributed by atoms with van der Waals surface area (Å²) >= 11 is 0. The van der Waals surface area contributed by atoms with Gasteiger partial charge in [0.1, 0.15) is 23.2 Å². The van der Waals surface area contributed by atoms with Crippen LogP contribution in [0.25, 0.3) is 11.4 Å². The van der Waals surface area contributed by atoms with E-state index in [0.717, 1.165) is 17.0 Å². The summed E-state index contributed by atoms with van der Waals surface area (Å²) in [5, 5.41) is 36.6. The van der Waals surface area contributed by atoms with Crippen LogP contribution in [-0.2, 0) is 23.2 Å². The number of rotatable bonds is 9. The second-order valence-corrected chi connectivity index (χ2v) is 14.8. The number of hydrogen-bond acceptors (Lipinski definition) is 6. The summed E-state index contributed by atoms with van der Waals surface area (Å²) in [5.41, 5.74) is 3.62. The molecule has 9 heteroatoms. The van der Waals surface area contributed by atoms with Crippen molar-refractivity contribution >= 4 is 35.3 Å². The third kappa shape index (κ3) is 9.88. The Morgan fingerprint density at radius 1 is 0.577 bits per heavy atom. The van der Waals surface area contributed by atoms with Crippen molar-refractivity contribution in [1.82, 2.24) is 9.97 Å². The minimum atomic E-state index is -2.11. The molecule has 0 amide bonds. The van der Waals surface area contributed by atoms with Gasteiger partial charge >= 0.3 is 17.1 Å². The second-order valence-electron chi connectivity index (χ2n) is 11.3. The Kier molecular flexibility index (Phi) is 15.0. The maximum Gasteiger partial charge on any atom is 2.00 e. The third-order valence-electron chi connectivity index (χ3n) is 8.05. The van der Waals surface area contributed by atoms with Gasteiger partial charge < -0.3 is 22.6 Å². The topological polar surface area (TPSA) is 96.6 Å². The predicted octanol–water partition coefficient (Wildman–Crippen LogP) is 3.54. The zero-order valence-electron chi connectivity index (χ0n) is 27.9. The standard InChI is InChI=1S/C33H27N2O2P.C10H8N2.ClH.Cu/c36-32-23-26(21-22-28(32)24-34-35-33(37)27-13-5-1-6-14-27)25-38(29-15-7-2-8-16-29,30-17-9-3-10-18-30)31-19-11-4-12-20-31;1-3-7-11-9(5-1)10-6-2-4-8-12-10;;/h1-24H,25H2,(H-,34,35,36,37);1-8H;1H;/q;;;+2/p-2. The minimum Gasteiger partial charge on any atom is -1.00 e. The van der Waals surface area contributed by atoms with Crippen LogP contribution >= 0.6 is 7.26 Å². The van der Waals surface area contributed by atoms with Crippen LogP contribution in [0.3, 0.4) is 0 Å². The Balaban J connectivity index is 0.000000366. The molecule has 0 aliphatic carbocycles. The van der Waals surface area contributed by atoms with Crippen molar-refractivity contribution in [2.45, 2.75) is 6.16 Å². The molecule has 0 unspecified atom stereocenters. The molecule has 0 saturated carbocycles. The van der Waals surface area contributed by atoms with Crippen molar-refractivity contribution in [2.75, 3.05) is 0 Å². The number of benzene rings is 5. The van der Waals surface area contributed by atoms with Gasteiger partial charge in [0.15, 0.2) is 0 Å². The van der Waals surface area contributed by atoms with Crippen molar-refractivity contribution in [3.05, 3.63) is 205 Å². The molecular weight excluding hydrogens is 734 g/mol. The zero-order chi connectivity index (χ0) is 34.4. The van der Waals surface area contributed by atoms with Gasteiger partial charge in [0.05, 0.1) is 23.8 Å². The molecule has 7 rings (SSSR count). The van der Waals surface area contributed by atoms with Crippen LogP contribution in [0.2, 0.25) is 0 Å². The summed E-state index contributed by atoms with van der Waals surface area (Å²) in [6, 6.07) is 57.5. The van der Waals surface area contributed by atoms with Crippen molar-refractivity contribution in [1.29, 1.82) is 0 Å². The first-order valence-corrected chi connectivity index (χ1v) is 18.1. The minimum absolute atomic E-state index is 0. The predicted molar refractivity (Wildman–Crippen MR) is 203 cm³/mol. The van der Waals surface area contributed by atoms with Gasteiger partial charge in [0.25, 0.3) is 0 Å². The molecule has 1 radical (unpaired) electrons. The van der Waals surface area contributed by atoms with Crippen LogP contribution in [0.1, 0.15) is 16.7 Å². The summed E-state index contributed by atoms with van der Waals surface area (Å²) in [4.78, 5) is 8.37. The van der Waals surface area contributed by atoms with Crippen molar-refractivity contribution in [3.8, 4) is 17.1 Å². The van der Waals surface area contributed by atoms with E-state index >= 15 is 0 Å². The zero-order valence-corrected chi connectivity index (χ0v) is 30.5. The van der Waals surface area contributed by atoms with Crippen molar-refractivity contribution < 1.29 is 39.7 Å². The monoisotopic (exact) mass is 767 g/mol. The molecule has 261 valence electrons. The van der Waals surface area contributed by atoms with E-state index in [1.807, 2.05) is 66.7 Å². The number of pyridine rings is 2. The molecule has 52 heavy (non-hydrogen) atoms. The molecule has 0 aliphatic rings. The van der Waals surface area contributed by atoms with Crippen LogP contribution in [0.15, 0.2) is 199 Å². The van der Waals surface area contributed by atoms with Crippen LogP contribution in [0.4, 0.5) is 0 Å². The molecule has 7 aromatic rings. The van der Waals surface area contributed by atoms with Crippen LogP contribution < -0.4 is 38.5 Å². The average Bonchev–Trinajstić information content (AvgIpc) is 3.20. The van der Waals surface area contributed by atoms with Gasteiger partial charge in [-0.25, -0.2) is 0 Å². The largest absolute Gasteiger partial charge is 2.00 e. The fraction of sp³-hybridized carbons (Fsp3) is 0.0233. The van der Waals surface area contributed by atoms with Crippen LogP contribution in [0.5, 0.6) is 5.75 Å². The van der Waals surface area contributed by atoms with Gasteiger partial charge in [0.2, 0.25) is 0 Å². The summed E-state index contributed by atoms with van der Waals surface area (Å²) in [6.07, 6.45) is 5.59. The normalized spacial score (nSPS) is 11.0. The quantitative estimate of drug-likeness (QED) is 0.0739. The molecule has 2 heterocycles. The third-order valence-corrected chi connectivity index (χ3v) is 12.4. The molecule has 0 spiro atoms.